The molecule has 1 saturated heterocycles. The molecule has 6 atom stereocenters. The summed E-state index contributed by atoms with van der Waals surface area (Å²) in [5, 5.41) is 12.7. The van der Waals surface area contributed by atoms with Gasteiger partial charge in [0.2, 0.25) is 5.91 Å². The first-order chi connectivity index (χ1) is 10.9. The second kappa shape index (κ2) is 4.84. The SMILES string of the molecule is CC12CCC(=O)NC1=CCC1C2CCC2(C)C(C(=O)O)CCC12. The molecule has 2 saturated carbocycles. The molecule has 0 spiro atoms. The maximum absolute atomic E-state index is 11.8. The number of aliphatic carboxylic acids is 1. The van der Waals surface area contributed by atoms with Crippen molar-refractivity contribution in [3.63, 3.8) is 0 Å². The van der Waals surface area contributed by atoms with Gasteiger partial charge in [-0.1, -0.05) is 19.9 Å². The van der Waals surface area contributed by atoms with Crippen LogP contribution in [0.4, 0.5) is 0 Å². The Labute approximate surface area is 137 Å². The topological polar surface area (TPSA) is 66.4 Å². The third-order valence-electron chi connectivity index (χ3n) is 7.91. The van der Waals surface area contributed by atoms with Gasteiger partial charge in [-0.2, -0.15) is 0 Å². The molecule has 0 aromatic rings. The van der Waals surface area contributed by atoms with Crippen LogP contribution in [0, 0.1) is 34.5 Å². The highest BCUT2D eigenvalue weighted by Gasteiger charge is 2.60. The van der Waals surface area contributed by atoms with Gasteiger partial charge in [-0.05, 0) is 61.7 Å². The molecule has 3 aliphatic carbocycles. The second-order valence-corrected chi connectivity index (χ2v) is 8.71. The van der Waals surface area contributed by atoms with E-state index < -0.39 is 5.97 Å². The predicted molar refractivity (Wildman–Crippen MR) is 86.4 cm³/mol. The minimum Gasteiger partial charge on any atom is -0.481 e. The number of carbonyl (C=O) groups is 2. The molecule has 0 radical (unpaired) electrons. The number of carbonyl (C=O) groups excluding carboxylic acids is 1. The molecule has 23 heavy (non-hydrogen) atoms. The van der Waals surface area contributed by atoms with Crippen molar-refractivity contribution in [3.8, 4) is 0 Å². The normalized spacial score (nSPS) is 48.6. The molecule has 0 aromatic carbocycles. The van der Waals surface area contributed by atoms with Crippen molar-refractivity contribution in [2.24, 2.45) is 34.5 Å². The Morgan fingerprint density at radius 1 is 1.22 bits per heavy atom. The summed E-state index contributed by atoms with van der Waals surface area (Å²) in [4.78, 5) is 23.4. The van der Waals surface area contributed by atoms with Gasteiger partial charge < -0.3 is 10.4 Å². The van der Waals surface area contributed by atoms with Crippen molar-refractivity contribution in [1.29, 1.82) is 0 Å². The van der Waals surface area contributed by atoms with Gasteiger partial charge in [-0.3, -0.25) is 9.59 Å². The third-order valence-corrected chi connectivity index (χ3v) is 7.91. The molecule has 4 nitrogen and oxygen atoms in total. The first-order valence-corrected chi connectivity index (χ1v) is 9.09. The van der Waals surface area contributed by atoms with E-state index in [1.165, 1.54) is 0 Å². The lowest BCUT2D eigenvalue weighted by atomic mass is 9.49. The van der Waals surface area contributed by atoms with Crippen LogP contribution in [0.5, 0.6) is 0 Å². The number of carboxylic acids is 1. The van der Waals surface area contributed by atoms with E-state index in [4.69, 9.17) is 0 Å². The zero-order valence-corrected chi connectivity index (χ0v) is 14.1. The van der Waals surface area contributed by atoms with Crippen LogP contribution in [0.15, 0.2) is 11.8 Å². The summed E-state index contributed by atoms with van der Waals surface area (Å²) in [7, 11) is 0. The van der Waals surface area contributed by atoms with E-state index in [0.717, 1.165) is 44.2 Å². The molecule has 4 rings (SSSR count). The highest BCUT2D eigenvalue weighted by Crippen LogP contribution is 2.65. The van der Waals surface area contributed by atoms with Crippen molar-refractivity contribution in [2.45, 2.75) is 58.8 Å². The van der Waals surface area contributed by atoms with Crippen LogP contribution < -0.4 is 5.32 Å². The number of hydrogen-bond donors (Lipinski definition) is 2. The largest absolute Gasteiger partial charge is 0.481 e. The minimum atomic E-state index is -0.600. The van der Waals surface area contributed by atoms with E-state index in [2.05, 4.69) is 25.2 Å². The highest BCUT2D eigenvalue weighted by atomic mass is 16.4. The average molecular weight is 317 g/mol. The fourth-order valence-corrected chi connectivity index (χ4v) is 6.60. The van der Waals surface area contributed by atoms with Gasteiger partial charge in [0.25, 0.3) is 0 Å². The van der Waals surface area contributed by atoms with Gasteiger partial charge >= 0.3 is 5.97 Å². The van der Waals surface area contributed by atoms with Crippen molar-refractivity contribution in [3.05, 3.63) is 11.8 Å². The molecule has 4 aliphatic rings. The molecular weight excluding hydrogens is 290 g/mol. The van der Waals surface area contributed by atoms with Crippen LogP contribution in [0.1, 0.15) is 58.8 Å². The van der Waals surface area contributed by atoms with E-state index in [0.29, 0.717) is 24.2 Å². The summed E-state index contributed by atoms with van der Waals surface area (Å²) < 4.78 is 0. The summed E-state index contributed by atoms with van der Waals surface area (Å²) in [6.07, 6.45) is 8.83. The molecule has 1 aliphatic heterocycles. The molecule has 3 fully saturated rings. The van der Waals surface area contributed by atoms with Gasteiger partial charge in [0.05, 0.1) is 5.92 Å². The molecule has 0 bridgehead atoms. The fraction of sp³-hybridized carbons (Fsp3) is 0.789. The molecule has 1 amide bonds. The maximum Gasteiger partial charge on any atom is 0.307 e. The summed E-state index contributed by atoms with van der Waals surface area (Å²) in [6, 6.07) is 0. The second-order valence-electron chi connectivity index (χ2n) is 8.71. The van der Waals surface area contributed by atoms with Crippen molar-refractivity contribution < 1.29 is 14.7 Å². The smallest absolute Gasteiger partial charge is 0.307 e. The van der Waals surface area contributed by atoms with Gasteiger partial charge in [-0.15, -0.1) is 0 Å². The average Bonchev–Trinajstić information content (AvgIpc) is 2.85. The number of rotatable bonds is 1. The number of fused-ring (bicyclic) bond motifs is 5. The Morgan fingerprint density at radius 2 is 2.00 bits per heavy atom. The van der Waals surface area contributed by atoms with E-state index >= 15 is 0 Å². The summed E-state index contributed by atoms with van der Waals surface area (Å²) in [6.45, 7) is 4.55. The maximum atomic E-state index is 11.8. The van der Waals surface area contributed by atoms with Crippen molar-refractivity contribution in [1.82, 2.24) is 5.32 Å². The molecule has 1 heterocycles. The molecular formula is C19H27NO3. The number of amides is 1. The Bertz CT molecular complexity index is 597. The van der Waals surface area contributed by atoms with E-state index in [9.17, 15) is 14.7 Å². The zero-order chi connectivity index (χ0) is 16.4. The van der Waals surface area contributed by atoms with Crippen LogP contribution in [0.2, 0.25) is 0 Å². The van der Waals surface area contributed by atoms with Crippen LogP contribution in [-0.4, -0.2) is 17.0 Å². The quantitative estimate of drug-likeness (QED) is 0.779. The van der Waals surface area contributed by atoms with Gasteiger partial charge in [0.1, 0.15) is 0 Å². The lowest BCUT2D eigenvalue weighted by Crippen LogP contribution is -2.53. The number of piperidine rings is 1. The Kier molecular flexibility index (Phi) is 3.20. The lowest BCUT2D eigenvalue weighted by Gasteiger charge is -2.56. The van der Waals surface area contributed by atoms with Gasteiger partial charge in [0, 0.05) is 17.5 Å². The van der Waals surface area contributed by atoms with Crippen LogP contribution >= 0.6 is 0 Å². The number of hydrogen-bond acceptors (Lipinski definition) is 2. The number of carboxylic acid groups (broad SMARTS) is 1. The molecule has 126 valence electrons. The first-order valence-electron chi connectivity index (χ1n) is 9.09. The molecule has 2 N–H and O–H groups in total. The number of nitrogens with one attached hydrogen (secondary N) is 1. The minimum absolute atomic E-state index is 0.0351. The Morgan fingerprint density at radius 3 is 2.74 bits per heavy atom. The summed E-state index contributed by atoms with van der Waals surface area (Å²) in [5.74, 6) is 1.08. The zero-order valence-electron chi connectivity index (χ0n) is 14.1. The van der Waals surface area contributed by atoms with Gasteiger partial charge in [-0.25, -0.2) is 0 Å². The summed E-state index contributed by atoms with van der Waals surface area (Å²) in [5.41, 5.74) is 1.19. The van der Waals surface area contributed by atoms with E-state index in [-0.39, 0.29) is 22.7 Å². The molecule has 0 aromatic heterocycles. The first kappa shape index (κ1) is 15.2. The van der Waals surface area contributed by atoms with Crippen LogP contribution in [-0.2, 0) is 9.59 Å². The fourth-order valence-electron chi connectivity index (χ4n) is 6.60. The highest BCUT2D eigenvalue weighted by molar-refractivity contribution is 5.79. The van der Waals surface area contributed by atoms with Crippen LogP contribution in [0.25, 0.3) is 0 Å². The monoisotopic (exact) mass is 317 g/mol. The van der Waals surface area contributed by atoms with Crippen LogP contribution in [0.3, 0.4) is 0 Å². The molecule has 6 unspecified atom stereocenters. The standard InChI is InChI=1S/C19H27NO3/c1-18-9-7-13-11(12(18)4-5-14(18)17(22)23)3-6-15-19(13,2)10-8-16(21)20-15/h6,11-14H,3-5,7-10H2,1-2H3,(H,20,21)(H,22,23). The number of allylic oxidation sites excluding steroid dienone is 2. The predicted octanol–water partition coefficient (Wildman–Crippen LogP) is 3.33. The Balaban J connectivity index is 1.67. The Hall–Kier alpha value is -1.32. The van der Waals surface area contributed by atoms with Crippen molar-refractivity contribution >= 4 is 11.9 Å². The molecule has 4 heteroatoms. The lowest BCUT2D eigenvalue weighted by molar-refractivity contribution is -0.149. The van der Waals surface area contributed by atoms with Gasteiger partial charge in [0.15, 0.2) is 0 Å². The van der Waals surface area contributed by atoms with Crippen molar-refractivity contribution in [2.75, 3.05) is 0 Å². The van der Waals surface area contributed by atoms with E-state index in [1.807, 2.05) is 0 Å². The third kappa shape index (κ3) is 1.96. The summed E-state index contributed by atoms with van der Waals surface area (Å²) >= 11 is 0. The van der Waals surface area contributed by atoms with E-state index in [1.54, 1.807) is 0 Å².